The van der Waals surface area contributed by atoms with Crippen LogP contribution < -0.4 is 4.90 Å². The van der Waals surface area contributed by atoms with E-state index in [0.717, 1.165) is 24.6 Å². The molecule has 2 rings (SSSR count). The first kappa shape index (κ1) is 11.6. The molecular formula is C12H18ClN3. The molecule has 0 saturated carbocycles. The van der Waals surface area contributed by atoms with Gasteiger partial charge in [0.15, 0.2) is 5.82 Å². The maximum absolute atomic E-state index is 5.70. The van der Waals surface area contributed by atoms with Crippen LogP contribution in [0.5, 0.6) is 0 Å². The van der Waals surface area contributed by atoms with E-state index in [1.54, 1.807) is 0 Å². The summed E-state index contributed by atoms with van der Waals surface area (Å²) in [5, 5.41) is 8.34. The number of alkyl halides is 1. The van der Waals surface area contributed by atoms with Crippen molar-refractivity contribution in [2.24, 2.45) is 0 Å². The Morgan fingerprint density at radius 1 is 1.00 bits per heavy atom. The lowest BCUT2D eigenvalue weighted by molar-refractivity contribution is 0.552. The molecule has 0 aliphatic carbocycles. The fourth-order valence-corrected chi connectivity index (χ4v) is 2.21. The summed E-state index contributed by atoms with van der Waals surface area (Å²) in [6, 6.07) is 4.00. The van der Waals surface area contributed by atoms with E-state index in [1.165, 1.54) is 32.1 Å². The van der Waals surface area contributed by atoms with Crippen LogP contribution >= 0.6 is 11.6 Å². The fourth-order valence-electron chi connectivity index (χ4n) is 2.07. The van der Waals surface area contributed by atoms with Gasteiger partial charge >= 0.3 is 0 Å². The van der Waals surface area contributed by atoms with Crippen molar-refractivity contribution in [3.05, 3.63) is 17.8 Å². The Bertz CT molecular complexity index is 305. The molecule has 0 bridgehead atoms. The summed E-state index contributed by atoms with van der Waals surface area (Å²) < 4.78 is 0. The molecule has 3 nitrogen and oxygen atoms in total. The standard InChI is InChI=1S/C12H18ClN3/c13-10-11-6-7-12(15-14-11)16-8-4-2-1-3-5-9-16/h6-7H,1-5,8-10H2. The van der Waals surface area contributed by atoms with Crippen LogP contribution in [0.3, 0.4) is 0 Å². The van der Waals surface area contributed by atoms with Gasteiger partial charge in [0.25, 0.3) is 0 Å². The van der Waals surface area contributed by atoms with E-state index in [9.17, 15) is 0 Å². The summed E-state index contributed by atoms with van der Waals surface area (Å²) in [6.07, 6.45) is 6.58. The van der Waals surface area contributed by atoms with E-state index < -0.39 is 0 Å². The number of aromatic nitrogens is 2. The van der Waals surface area contributed by atoms with Gasteiger partial charge in [-0.15, -0.1) is 16.7 Å². The molecule has 0 radical (unpaired) electrons. The zero-order valence-corrected chi connectivity index (χ0v) is 10.3. The Labute approximate surface area is 102 Å². The summed E-state index contributed by atoms with van der Waals surface area (Å²) in [7, 11) is 0. The topological polar surface area (TPSA) is 29.0 Å². The first-order valence-corrected chi connectivity index (χ1v) is 6.57. The van der Waals surface area contributed by atoms with E-state index in [4.69, 9.17) is 11.6 Å². The molecule has 1 aromatic rings. The zero-order valence-electron chi connectivity index (χ0n) is 9.53. The molecule has 0 spiro atoms. The quantitative estimate of drug-likeness (QED) is 0.743. The SMILES string of the molecule is ClCc1ccc(N2CCCCCCC2)nn1. The molecule has 0 N–H and O–H groups in total. The molecule has 4 heteroatoms. The van der Waals surface area contributed by atoms with E-state index in [2.05, 4.69) is 15.1 Å². The molecule has 1 aliphatic rings. The number of hydrogen-bond donors (Lipinski definition) is 0. The molecule has 0 unspecified atom stereocenters. The molecule has 1 aromatic heterocycles. The minimum atomic E-state index is 0.438. The van der Waals surface area contributed by atoms with Gasteiger partial charge in [0.1, 0.15) is 0 Å². The number of hydrogen-bond acceptors (Lipinski definition) is 3. The molecule has 88 valence electrons. The van der Waals surface area contributed by atoms with Gasteiger partial charge < -0.3 is 4.90 Å². The van der Waals surface area contributed by atoms with Crippen molar-refractivity contribution in [1.29, 1.82) is 0 Å². The maximum Gasteiger partial charge on any atom is 0.151 e. The summed E-state index contributed by atoms with van der Waals surface area (Å²) in [4.78, 5) is 2.34. The Morgan fingerprint density at radius 3 is 2.25 bits per heavy atom. The van der Waals surface area contributed by atoms with Gasteiger partial charge in [-0.25, -0.2) is 0 Å². The molecule has 0 atom stereocenters. The van der Waals surface area contributed by atoms with Gasteiger partial charge in [0, 0.05) is 13.1 Å². The highest BCUT2D eigenvalue weighted by Gasteiger charge is 2.10. The van der Waals surface area contributed by atoms with Crippen LogP contribution in [0, 0.1) is 0 Å². The van der Waals surface area contributed by atoms with Crippen LogP contribution in [0.4, 0.5) is 5.82 Å². The van der Waals surface area contributed by atoms with Gasteiger partial charge in [0.2, 0.25) is 0 Å². The molecule has 2 heterocycles. The Kier molecular flexibility index (Phi) is 4.40. The predicted octanol–water partition coefficient (Wildman–Crippen LogP) is 2.99. The maximum atomic E-state index is 5.70. The first-order chi connectivity index (χ1) is 7.90. The Hall–Kier alpha value is -0.830. The average molecular weight is 240 g/mol. The molecule has 16 heavy (non-hydrogen) atoms. The lowest BCUT2D eigenvalue weighted by Gasteiger charge is -2.25. The summed E-state index contributed by atoms with van der Waals surface area (Å²) in [5.41, 5.74) is 0.845. The van der Waals surface area contributed by atoms with Gasteiger partial charge in [-0.2, -0.15) is 5.10 Å². The largest absolute Gasteiger partial charge is 0.355 e. The second-order valence-electron chi connectivity index (χ2n) is 4.27. The van der Waals surface area contributed by atoms with Gasteiger partial charge in [-0.1, -0.05) is 19.3 Å². The number of anilines is 1. The minimum absolute atomic E-state index is 0.438. The van der Waals surface area contributed by atoms with Crippen LogP contribution in [-0.4, -0.2) is 23.3 Å². The van der Waals surface area contributed by atoms with Crippen LogP contribution in [0.1, 0.15) is 37.8 Å². The second kappa shape index (κ2) is 6.04. The normalized spacial score (nSPS) is 17.9. The fraction of sp³-hybridized carbons (Fsp3) is 0.667. The van der Waals surface area contributed by atoms with Crippen molar-refractivity contribution in [3.63, 3.8) is 0 Å². The zero-order chi connectivity index (χ0) is 11.2. The van der Waals surface area contributed by atoms with E-state index in [-0.39, 0.29) is 0 Å². The van der Waals surface area contributed by atoms with Gasteiger partial charge in [0.05, 0.1) is 11.6 Å². The van der Waals surface area contributed by atoms with E-state index in [0.29, 0.717) is 5.88 Å². The third kappa shape index (κ3) is 3.08. The van der Waals surface area contributed by atoms with Crippen molar-refractivity contribution in [2.75, 3.05) is 18.0 Å². The first-order valence-electron chi connectivity index (χ1n) is 6.03. The van der Waals surface area contributed by atoms with E-state index in [1.807, 2.05) is 12.1 Å². The van der Waals surface area contributed by atoms with Crippen molar-refractivity contribution in [3.8, 4) is 0 Å². The van der Waals surface area contributed by atoms with Gasteiger partial charge in [-0.3, -0.25) is 0 Å². The number of rotatable bonds is 2. The average Bonchev–Trinajstić information content (AvgIpc) is 2.29. The van der Waals surface area contributed by atoms with Crippen molar-refractivity contribution in [1.82, 2.24) is 10.2 Å². The highest BCUT2D eigenvalue weighted by atomic mass is 35.5. The highest BCUT2D eigenvalue weighted by Crippen LogP contribution is 2.16. The Balaban J connectivity index is 2.02. The van der Waals surface area contributed by atoms with Crippen LogP contribution in [0.15, 0.2) is 12.1 Å². The third-order valence-corrected chi connectivity index (χ3v) is 3.30. The monoisotopic (exact) mass is 239 g/mol. The second-order valence-corrected chi connectivity index (χ2v) is 4.54. The molecular weight excluding hydrogens is 222 g/mol. The molecule has 1 fully saturated rings. The third-order valence-electron chi connectivity index (χ3n) is 3.02. The predicted molar refractivity (Wildman–Crippen MR) is 66.9 cm³/mol. The van der Waals surface area contributed by atoms with Crippen molar-refractivity contribution in [2.45, 2.75) is 38.0 Å². The van der Waals surface area contributed by atoms with Crippen molar-refractivity contribution < 1.29 is 0 Å². The lowest BCUT2D eigenvalue weighted by Crippen LogP contribution is -2.28. The van der Waals surface area contributed by atoms with Crippen LogP contribution in [0.2, 0.25) is 0 Å². The summed E-state index contributed by atoms with van der Waals surface area (Å²) in [6.45, 7) is 2.21. The molecule has 1 saturated heterocycles. The van der Waals surface area contributed by atoms with Crippen LogP contribution in [-0.2, 0) is 5.88 Å². The lowest BCUT2D eigenvalue weighted by atomic mass is 10.1. The number of halogens is 1. The smallest absolute Gasteiger partial charge is 0.151 e. The van der Waals surface area contributed by atoms with E-state index >= 15 is 0 Å². The molecule has 1 aliphatic heterocycles. The van der Waals surface area contributed by atoms with Crippen LogP contribution in [0.25, 0.3) is 0 Å². The minimum Gasteiger partial charge on any atom is -0.355 e. The molecule has 0 amide bonds. The summed E-state index contributed by atoms with van der Waals surface area (Å²) >= 11 is 5.70. The van der Waals surface area contributed by atoms with Crippen molar-refractivity contribution >= 4 is 17.4 Å². The highest BCUT2D eigenvalue weighted by molar-refractivity contribution is 6.16. The Morgan fingerprint density at radius 2 is 1.69 bits per heavy atom. The summed E-state index contributed by atoms with van der Waals surface area (Å²) in [5.74, 6) is 1.43. The van der Waals surface area contributed by atoms with Gasteiger partial charge in [-0.05, 0) is 25.0 Å². The number of nitrogens with zero attached hydrogens (tertiary/aromatic N) is 3. The molecule has 0 aromatic carbocycles.